The van der Waals surface area contributed by atoms with Crippen LogP contribution in [-0.2, 0) is 9.53 Å². The quantitative estimate of drug-likeness (QED) is 0.835. The molecule has 0 aromatic heterocycles. The molecule has 1 rings (SSSR count). The van der Waals surface area contributed by atoms with Crippen LogP contribution in [0.25, 0.3) is 0 Å². The van der Waals surface area contributed by atoms with Gasteiger partial charge in [-0.2, -0.15) is 0 Å². The number of carbonyl (C=O) groups is 2. The number of para-hydroxylation sites is 1. The first-order valence-corrected chi connectivity index (χ1v) is 5.61. The van der Waals surface area contributed by atoms with Crippen molar-refractivity contribution in [3.8, 4) is 5.75 Å². The third kappa shape index (κ3) is 6.52. The number of esters is 1. The van der Waals surface area contributed by atoms with E-state index in [2.05, 4.69) is 0 Å². The Morgan fingerprint density at radius 3 is 2.22 bits per heavy atom. The highest BCUT2D eigenvalue weighted by Gasteiger charge is 2.11. The minimum absolute atomic E-state index is 0.337. The molecule has 0 amide bonds. The lowest BCUT2D eigenvalue weighted by atomic mass is 10.2. The van der Waals surface area contributed by atoms with Crippen LogP contribution in [0.5, 0.6) is 5.75 Å². The molecule has 1 aromatic rings. The summed E-state index contributed by atoms with van der Waals surface area (Å²) in [6, 6.07) is 7.07. The van der Waals surface area contributed by atoms with Crippen molar-refractivity contribution in [2.45, 2.75) is 20.8 Å². The molecule has 0 spiro atoms. The molecule has 0 bridgehead atoms. The number of carboxylic acid groups (broad SMARTS) is 1. The predicted octanol–water partition coefficient (Wildman–Crippen LogP) is 2.35. The molecule has 5 heteroatoms. The molecule has 0 aliphatic rings. The van der Waals surface area contributed by atoms with Crippen LogP contribution in [0.15, 0.2) is 24.3 Å². The average Bonchev–Trinajstić information content (AvgIpc) is 2.29. The molecule has 18 heavy (non-hydrogen) atoms. The fourth-order valence-electron chi connectivity index (χ4n) is 1.13. The summed E-state index contributed by atoms with van der Waals surface area (Å²) in [5.41, 5.74) is 0.483. The SMILES string of the molecule is CC(=O)O.CCOC(=O)c1ccccc1OCC. The van der Waals surface area contributed by atoms with Crippen LogP contribution in [0.3, 0.4) is 0 Å². The first-order valence-electron chi connectivity index (χ1n) is 5.61. The smallest absolute Gasteiger partial charge is 0.341 e. The van der Waals surface area contributed by atoms with Gasteiger partial charge >= 0.3 is 5.97 Å². The molecule has 0 saturated carbocycles. The monoisotopic (exact) mass is 254 g/mol. The van der Waals surface area contributed by atoms with Crippen molar-refractivity contribution in [3.63, 3.8) is 0 Å². The van der Waals surface area contributed by atoms with Gasteiger partial charge in [0.15, 0.2) is 0 Å². The van der Waals surface area contributed by atoms with Gasteiger partial charge in [-0.05, 0) is 26.0 Å². The van der Waals surface area contributed by atoms with Crippen molar-refractivity contribution in [1.82, 2.24) is 0 Å². The molecule has 1 N–H and O–H groups in total. The van der Waals surface area contributed by atoms with Gasteiger partial charge < -0.3 is 14.6 Å². The molecule has 5 nitrogen and oxygen atoms in total. The molecule has 0 saturated heterocycles. The highest BCUT2D eigenvalue weighted by Crippen LogP contribution is 2.18. The van der Waals surface area contributed by atoms with Crippen LogP contribution in [0, 0.1) is 0 Å². The van der Waals surface area contributed by atoms with Crippen LogP contribution in [0.4, 0.5) is 0 Å². The van der Waals surface area contributed by atoms with Gasteiger partial charge in [0, 0.05) is 6.92 Å². The zero-order valence-corrected chi connectivity index (χ0v) is 10.8. The second-order valence-corrected chi connectivity index (χ2v) is 3.17. The predicted molar refractivity (Wildman–Crippen MR) is 66.9 cm³/mol. The van der Waals surface area contributed by atoms with Crippen LogP contribution in [0.2, 0.25) is 0 Å². The molecule has 0 heterocycles. The summed E-state index contributed by atoms with van der Waals surface area (Å²) in [6.07, 6.45) is 0. The molecule has 0 unspecified atom stereocenters. The van der Waals surface area contributed by atoms with E-state index in [0.717, 1.165) is 6.92 Å². The standard InChI is InChI=1S/C11H14O3.C2H4O2/c1-3-13-10-8-6-5-7-9(10)11(12)14-4-2;1-2(3)4/h5-8H,3-4H2,1-2H3;1H3,(H,3,4). The van der Waals surface area contributed by atoms with Crippen molar-refractivity contribution in [2.24, 2.45) is 0 Å². The Labute approximate surface area is 106 Å². The third-order valence-electron chi connectivity index (χ3n) is 1.68. The zero-order chi connectivity index (χ0) is 14.0. The number of benzene rings is 1. The summed E-state index contributed by atoms with van der Waals surface area (Å²) in [4.78, 5) is 20.4. The molecule has 100 valence electrons. The molecule has 0 radical (unpaired) electrons. The van der Waals surface area contributed by atoms with Crippen molar-refractivity contribution in [3.05, 3.63) is 29.8 Å². The van der Waals surface area contributed by atoms with Crippen LogP contribution < -0.4 is 4.74 Å². The van der Waals surface area contributed by atoms with Crippen molar-refractivity contribution in [1.29, 1.82) is 0 Å². The van der Waals surface area contributed by atoms with Gasteiger partial charge in [0.2, 0.25) is 0 Å². The van der Waals surface area contributed by atoms with Crippen molar-refractivity contribution in [2.75, 3.05) is 13.2 Å². The van der Waals surface area contributed by atoms with E-state index >= 15 is 0 Å². The lowest BCUT2D eigenvalue weighted by molar-refractivity contribution is -0.134. The Morgan fingerprint density at radius 2 is 1.72 bits per heavy atom. The number of aliphatic carboxylic acids is 1. The molecule has 1 aromatic carbocycles. The topological polar surface area (TPSA) is 72.8 Å². The van der Waals surface area contributed by atoms with E-state index in [1.165, 1.54) is 0 Å². The first-order chi connectivity index (χ1) is 8.52. The summed E-state index contributed by atoms with van der Waals surface area (Å²) in [7, 11) is 0. The number of rotatable bonds is 4. The van der Waals surface area contributed by atoms with Gasteiger partial charge in [0.1, 0.15) is 11.3 Å². The molecule has 0 aliphatic carbocycles. The Kier molecular flexibility index (Phi) is 8.01. The van der Waals surface area contributed by atoms with Crippen LogP contribution in [0.1, 0.15) is 31.1 Å². The van der Waals surface area contributed by atoms with Crippen LogP contribution in [-0.4, -0.2) is 30.3 Å². The number of ether oxygens (including phenoxy) is 2. The average molecular weight is 254 g/mol. The van der Waals surface area contributed by atoms with E-state index in [-0.39, 0.29) is 5.97 Å². The number of hydrogen-bond acceptors (Lipinski definition) is 4. The lowest BCUT2D eigenvalue weighted by Crippen LogP contribution is -2.07. The Morgan fingerprint density at radius 1 is 1.17 bits per heavy atom. The maximum atomic E-state index is 11.4. The Hall–Kier alpha value is -2.04. The minimum Gasteiger partial charge on any atom is -0.493 e. The Balaban J connectivity index is 0.000000631. The molecular weight excluding hydrogens is 236 g/mol. The van der Waals surface area contributed by atoms with Gasteiger partial charge in [-0.25, -0.2) is 4.79 Å². The van der Waals surface area contributed by atoms with Gasteiger partial charge in [-0.15, -0.1) is 0 Å². The summed E-state index contributed by atoms with van der Waals surface area (Å²) in [6.45, 7) is 5.65. The van der Waals surface area contributed by atoms with Crippen molar-refractivity contribution >= 4 is 11.9 Å². The lowest BCUT2D eigenvalue weighted by Gasteiger charge is -2.08. The van der Waals surface area contributed by atoms with Gasteiger partial charge in [0.05, 0.1) is 13.2 Å². The van der Waals surface area contributed by atoms with Gasteiger partial charge in [0.25, 0.3) is 5.97 Å². The highest BCUT2D eigenvalue weighted by atomic mass is 16.5. The third-order valence-corrected chi connectivity index (χ3v) is 1.68. The maximum Gasteiger partial charge on any atom is 0.341 e. The molecule has 0 aliphatic heterocycles. The summed E-state index contributed by atoms with van der Waals surface area (Å²) < 4.78 is 10.2. The van der Waals surface area contributed by atoms with Gasteiger partial charge in [-0.3, -0.25) is 4.79 Å². The normalized spacial score (nSPS) is 8.83. The fraction of sp³-hybridized carbons (Fsp3) is 0.385. The minimum atomic E-state index is -0.833. The van der Waals surface area contributed by atoms with E-state index in [1.54, 1.807) is 25.1 Å². The number of carboxylic acids is 1. The molecule has 0 atom stereocenters. The molecule has 0 fully saturated rings. The summed E-state index contributed by atoms with van der Waals surface area (Å²) in [5, 5.41) is 7.42. The maximum absolute atomic E-state index is 11.4. The summed E-state index contributed by atoms with van der Waals surface area (Å²) in [5.74, 6) is -0.593. The highest BCUT2D eigenvalue weighted by molar-refractivity contribution is 5.92. The number of hydrogen-bond donors (Lipinski definition) is 1. The largest absolute Gasteiger partial charge is 0.493 e. The van der Waals surface area contributed by atoms with E-state index in [4.69, 9.17) is 19.4 Å². The zero-order valence-electron chi connectivity index (χ0n) is 10.8. The number of carbonyl (C=O) groups excluding carboxylic acids is 1. The van der Waals surface area contributed by atoms with Crippen molar-refractivity contribution < 1.29 is 24.2 Å². The van der Waals surface area contributed by atoms with E-state index in [0.29, 0.717) is 24.5 Å². The second kappa shape index (κ2) is 9.04. The van der Waals surface area contributed by atoms with Crippen LogP contribution >= 0.6 is 0 Å². The Bertz CT molecular complexity index is 383. The van der Waals surface area contributed by atoms with E-state index in [9.17, 15) is 4.79 Å². The first kappa shape index (κ1) is 16.0. The van der Waals surface area contributed by atoms with Gasteiger partial charge in [-0.1, -0.05) is 12.1 Å². The van der Waals surface area contributed by atoms with E-state index in [1.807, 2.05) is 13.0 Å². The fourth-order valence-corrected chi connectivity index (χ4v) is 1.13. The van der Waals surface area contributed by atoms with E-state index < -0.39 is 5.97 Å². The summed E-state index contributed by atoms with van der Waals surface area (Å²) >= 11 is 0. The molecular formula is C13H18O5. The second-order valence-electron chi connectivity index (χ2n) is 3.17.